The number of nitrogens with two attached hydrogens (primary N) is 1. The van der Waals surface area contributed by atoms with Crippen molar-refractivity contribution in [2.45, 2.75) is 25.8 Å². The lowest BCUT2D eigenvalue weighted by Gasteiger charge is -2.29. The van der Waals surface area contributed by atoms with Gasteiger partial charge in [0.1, 0.15) is 0 Å². The molecular formula is C14H20N2O3. The molecule has 0 bridgehead atoms. The first kappa shape index (κ1) is 13.7. The van der Waals surface area contributed by atoms with Crippen LogP contribution < -0.4 is 11.1 Å². The molecule has 1 unspecified atom stereocenters. The Balaban J connectivity index is 2.05. The Morgan fingerprint density at radius 2 is 2.16 bits per heavy atom. The first-order valence-corrected chi connectivity index (χ1v) is 6.55. The highest BCUT2D eigenvalue weighted by Gasteiger charge is 2.20. The van der Waals surface area contributed by atoms with E-state index in [1.807, 2.05) is 6.07 Å². The topological polar surface area (TPSA) is 84.6 Å². The van der Waals surface area contributed by atoms with E-state index in [2.05, 4.69) is 12.2 Å². The molecule has 0 aromatic heterocycles. The summed E-state index contributed by atoms with van der Waals surface area (Å²) in [6.45, 7) is 3.73. The monoisotopic (exact) mass is 264 g/mol. The zero-order chi connectivity index (χ0) is 13.8. The molecular weight excluding hydrogens is 244 g/mol. The van der Waals surface area contributed by atoms with Gasteiger partial charge in [-0.25, -0.2) is 4.79 Å². The summed E-state index contributed by atoms with van der Waals surface area (Å²) in [7, 11) is 0. The first-order valence-electron chi connectivity index (χ1n) is 6.55. The zero-order valence-electron chi connectivity index (χ0n) is 11.1. The second-order valence-corrected chi connectivity index (χ2v) is 4.99. The SMILES string of the molecule is CC(Nc1ccc(N)c(C(=O)O)c1)C1CCOCC1. The summed E-state index contributed by atoms with van der Waals surface area (Å²) >= 11 is 0. The van der Waals surface area contributed by atoms with Gasteiger partial charge in [0.2, 0.25) is 0 Å². The summed E-state index contributed by atoms with van der Waals surface area (Å²) < 4.78 is 5.34. The molecule has 4 N–H and O–H groups in total. The van der Waals surface area contributed by atoms with Gasteiger partial charge in [-0.15, -0.1) is 0 Å². The van der Waals surface area contributed by atoms with E-state index in [1.165, 1.54) is 0 Å². The van der Waals surface area contributed by atoms with E-state index < -0.39 is 5.97 Å². The third-order valence-electron chi connectivity index (χ3n) is 3.65. The fourth-order valence-corrected chi connectivity index (χ4v) is 2.43. The fourth-order valence-electron chi connectivity index (χ4n) is 2.43. The maximum absolute atomic E-state index is 11.0. The van der Waals surface area contributed by atoms with Crippen molar-refractivity contribution in [2.24, 2.45) is 5.92 Å². The summed E-state index contributed by atoms with van der Waals surface area (Å²) in [5.74, 6) is -0.445. The maximum Gasteiger partial charge on any atom is 0.337 e. The molecule has 5 nitrogen and oxygen atoms in total. The van der Waals surface area contributed by atoms with Gasteiger partial charge in [-0.05, 0) is 43.9 Å². The molecule has 1 fully saturated rings. The van der Waals surface area contributed by atoms with Gasteiger partial charge in [-0.3, -0.25) is 0 Å². The summed E-state index contributed by atoms with van der Waals surface area (Å²) in [5.41, 5.74) is 6.87. The van der Waals surface area contributed by atoms with Crippen molar-refractivity contribution in [1.29, 1.82) is 0 Å². The average molecular weight is 264 g/mol. The van der Waals surface area contributed by atoms with Crippen LogP contribution in [0.5, 0.6) is 0 Å². The van der Waals surface area contributed by atoms with Gasteiger partial charge in [0.05, 0.1) is 5.56 Å². The Labute approximate surface area is 112 Å². The van der Waals surface area contributed by atoms with E-state index in [0.717, 1.165) is 31.7 Å². The quantitative estimate of drug-likeness (QED) is 0.726. The van der Waals surface area contributed by atoms with Gasteiger partial charge in [-0.1, -0.05) is 0 Å². The van der Waals surface area contributed by atoms with Gasteiger partial charge in [0.25, 0.3) is 0 Å². The molecule has 0 amide bonds. The summed E-state index contributed by atoms with van der Waals surface area (Å²) in [6.07, 6.45) is 2.07. The Morgan fingerprint density at radius 3 is 2.79 bits per heavy atom. The summed E-state index contributed by atoms with van der Waals surface area (Å²) in [6, 6.07) is 5.32. The molecule has 1 atom stereocenters. The molecule has 1 heterocycles. The Bertz CT molecular complexity index is 456. The number of carboxylic acid groups (broad SMARTS) is 1. The van der Waals surface area contributed by atoms with E-state index in [9.17, 15) is 4.79 Å². The summed E-state index contributed by atoms with van der Waals surface area (Å²) in [4.78, 5) is 11.0. The molecule has 1 saturated heterocycles. The standard InChI is InChI=1S/C14H20N2O3/c1-9(10-4-6-19-7-5-10)16-11-2-3-13(15)12(8-11)14(17)18/h2-3,8-10,16H,4-7,15H2,1H3,(H,17,18). The number of ether oxygens (including phenoxy) is 1. The maximum atomic E-state index is 11.0. The van der Waals surface area contributed by atoms with Crippen molar-refractivity contribution in [3.63, 3.8) is 0 Å². The van der Waals surface area contributed by atoms with E-state index in [1.54, 1.807) is 12.1 Å². The number of nitrogens with one attached hydrogen (secondary N) is 1. The number of benzene rings is 1. The fraction of sp³-hybridized carbons (Fsp3) is 0.500. The zero-order valence-corrected chi connectivity index (χ0v) is 11.1. The molecule has 0 saturated carbocycles. The molecule has 0 spiro atoms. The molecule has 0 radical (unpaired) electrons. The van der Waals surface area contributed by atoms with Crippen molar-refractivity contribution >= 4 is 17.3 Å². The first-order chi connectivity index (χ1) is 9.08. The van der Waals surface area contributed by atoms with Crippen LogP contribution in [0.1, 0.15) is 30.1 Å². The lowest BCUT2D eigenvalue weighted by Crippen LogP contribution is -2.31. The third-order valence-corrected chi connectivity index (χ3v) is 3.65. The number of nitrogen functional groups attached to an aromatic ring is 1. The van der Waals surface area contributed by atoms with Crippen molar-refractivity contribution < 1.29 is 14.6 Å². The van der Waals surface area contributed by atoms with Crippen LogP contribution in [0.15, 0.2) is 18.2 Å². The molecule has 1 aromatic rings. The normalized spacial score (nSPS) is 17.9. The van der Waals surface area contributed by atoms with Crippen LogP contribution in [0.25, 0.3) is 0 Å². The molecule has 1 aliphatic rings. The van der Waals surface area contributed by atoms with Crippen LogP contribution in [0.2, 0.25) is 0 Å². The smallest absolute Gasteiger partial charge is 0.337 e. The molecule has 1 aromatic carbocycles. The lowest BCUT2D eigenvalue weighted by atomic mass is 9.92. The molecule has 0 aliphatic carbocycles. The van der Waals surface area contributed by atoms with Gasteiger partial charge in [0.15, 0.2) is 0 Å². The highest BCUT2D eigenvalue weighted by Crippen LogP contribution is 2.24. The minimum Gasteiger partial charge on any atom is -0.478 e. The van der Waals surface area contributed by atoms with Gasteiger partial charge in [0, 0.05) is 30.6 Å². The van der Waals surface area contributed by atoms with E-state index in [0.29, 0.717) is 5.92 Å². The van der Waals surface area contributed by atoms with Crippen molar-refractivity contribution in [1.82, 2.24) is 0 Å². The van der Waals surface area contributed by atoms with Crippen LogP contribution in [-0.2, 0) is 4.74 Å². The lowest BCUT2D eigenvalue weighted by molar-refractivity contribution is 0.0622. The average Bonchev–Trinajstić information content (AvgIpc) is 2.41. The predicted octanol–water partition coefficient (Wildman–Crippen LogP) is 2.19. The molecule has 5 heteroatoms. The van der Waals surface area contributed by atoms with E-state index in [4.69, 9.17) is 15.6 Å². The number of rotatable bonds is 4. The molecule has 104 valence electrons. The minimum atomic E-state index is -1.00. The van der Waals surface area contributed by atoms with Gasteiger partial charge in [-0.2, -0.15) is 0 Å². The van der Waals surface area contributed by atoms with Crippen molar-refractivity contribution in [3.05, 3.63) is 23.8 Å². The van der Waals surface area contributed by atoms with Crippen LogP contribution in [-0.4, -0.2) is 30.3 Å². The Hall–Kier alpha value is -1.75. The third kappa shape index (κ3) is 3.38. The number of anilines is 2. The van der Waals surface area contributed by atoms with Crippen molar-refractivity contribution in [3.8, 4) is 0 Å². The highest BCUT2D eigenvalue weighted by atomic mass is 16.5. The van der Waals surface area contributed by atoms with Crippen LogP contribution >= 0.6 is 0 Å². The number of carboxylic acids is 1. The van der Waals surface area contributed by atoms with Crippen LogP contribution in [0.3, 0.4) is 0 Å². The second-order valence-electron chi connectivity index (χ2n) is 4.99. The largest absolute Gasteiger partial charge is 0.478 e. The Kier molecular flexibility index (Phi) is 4.27. The van der Waals surface area contributed by atoms with Gasteiger partial charge < -0.3 is 20.9 Å². The van der Waals surface area contributed by atoms with Crippen molar-refractivity contribution in [2.75, 3.05) is 24.3 Å². The number of carbonyl (C=O) groups is 1. The number of hydrogen-bond donors (Lipinski definition) is 3. The van der Waals surface area contributed by atoms with E-state index >= 15 is 0 Å². The van der Waals surface area contributed by atoms with Crippen LogP contribution in [0.4, 0.5) is 11.4 Å². The summed E-state index contributed by atoms with van der Waals surface area (Å²) in [5, 5.41) is 12.4. The van der Waals surface area contributed by atoms with E-state index in [-0.39, 0.29) is 17.3 Å². The molecule has 19 heavy (non-hydrogen) atoms. The Morgan fingerprint density at radius 1 is 1.47 bits per heavy atom. The predicted molar refractivity (Wildman–Crippen MR) is 74.4 cm³/mol. The second kappa shape index (κ2) is 5.93. The molecule has 1 aliphatic heterocycles. The molecule has 2 rings (SSSR count). The highest BCUT2D eigenvalue weighted by molar-refractivity contribution is 5.94. The number of hydrogen-bond acceptors (Lipinski definition) is 4. The van der Waals surface area contributed by atoms with Crippen LogP contribution in [0, 0.1) is 5.92 Å². The van der Waals surface area contributed by atoms with Gasteiger partial charge >= 0.3 is 5.97 Å². The number of aromatic carboxylic acids is 1. The minimum absolute atomic E-state index is 0.143.